The first-order valence-electron chi connectivity index (χ1n) is 5.35. The lowest BCUT2D eigenvalue weighted by atomic mass is 10.2. The number of hydrogen-bond donors (Lipinski definition) is 2. The zero-order valence-electron chi connectivity index (χ0n) is 9.64. The Morgan fingerprint density at radius 1 is 1.41 bits per heavy atom. The number of benzene rings is 1. The number of carboxylic acids is 1. The summed E-state index contributed by atoms with van der Waals surface area (Å²) in [5, 5.41) is 18.8. The van der Waals surface area contributed by atoms with Gasteiger partial charge in [-0.1, -0.05) is 11.6 Å². The highest BCUT2D eigenvalue weighted by Gasteiger charge is 2.10. The van der Waals surface area contributed by atoms with Crippen LogP contribution in [0, 0.1) is 0 Å². The molecule has 17 heavy (non-hydrogen) atoms. The van der Waals surface area contributed by atoms with E-state index in [4.69, 9.17) is 16.7 Å². The molecule has 1 unspecified atom stereocenters. The van der Waals surface area contributed by atoms with Crippen LogP contribution in [-0.4, -0.2) is 35.9 Å². The smallest absolute Gasteiger partial charge is 0.303 e. The molecule has 0 amide bonds. The molecule has 0 aromatic heterocycles. The topological polar surface area (TPSA) is 60.8 Å². The van der Waals surface area contributed by atoms with Crippen molar-refractivity contribution in [3.8, 4) is 0 Å². The molecule has 0 aliphatic heterocycles. The van der Waals surface area contributed by atoms with Gasteiger partial charge < -0.3 is 15.1 Å². The SMILES string of the molecule is CN(CC(O)CCC(=O)O)c1ccc(Cl)cc1. The minimum Gasteiger partial charge on any atom is -0.481 e. The third-order valence-corrected chi connectivity index (χ3v) is 2.70. The average molecular weight is 258 g/mol. The third kappa shape index (κ3) is 5.06. The molecule has 4 nitrogen and oxygen atoms in total. The third-order valence-electron chi connectivity index (χ3n) is 2.44. The molecule has 1 atom stereocenters. The van der Waals surface area contributed by atoms with Crippen LogP contribution in [0.3, 0.4) is 0 Å². The Balaban J connectivity index is 2.45. The van der Waals surface area contributed by atoms with Gasteiger partial charge >= 0.3 is 5.97 Å². The van der Waals surface area contributed by atoms with Crippen molar-refractivity contribution >= 4 is 23.3 Å². The number of nitrogens with zero attached hydrogens (tertiary/aromatic N) is 1. The maximum Gasteiger partial charge on any atom is 0.303 e. The van der Waals surface area contributed by atoms with E-state index >= 15 is 0 Å². The Hall–Kier alpha value is -1.26. The summed E-state index contributed by atoms with van der Waals surface area (Å²) in [5.41, 5.74) is 0.934. The summed E-state index contributed by atoms with van der Waals surface area (Å²) in [4.78, 5) is 12.2. The lowest BCUT2D eigenvalue weighted by Crippen LogP contribution is -2.29. The number of likely N-dealkylation sites (N-methyl/N-ethyl adjacent to an activating group) is 1. The number of anilines is 1. The van der Waals surface area contributed by atoms with E-state index in [1.165, 1.54) is 0 Å². The van der Waals surface area contributed by atoms with Gasteiger partial charge in [-0.25, -0.2) is 0 Å². The van der Waals surface area contributed by atoms with Gasteiger partial charge in [-0.3, -0.25) is 4.79 Å². The van der Waals surface area contributed by atoms with E-state index in [-0.39, 0.29) is 12.8 Å². The van der Waals surface area contributed by atoms with E-state index in [2.05, 4.69) is 0 Å². The second-order valence-corrected chi connectivity index (χ2v) is 4.38. The fraction of sp³-hybridized carbons (Fsp3) is 0.417. The first-order chi connectivity index (χ1) is 7.99. The molecule has 0 saturated carbocycles. The number of halogens is 1. The molecular formula is C12H16ClNO3. The van der Waals surface area contributed by atoms with Crippen LogP contribution < -0.4 is 4.90 Å². The zero-order chi connectivity index (χ0) is 12.8. The molecule has 0 fully saturated rings. The van der Waals surface area contributed by atoms with E-state index in [0.717, 1.165) is 5.69 Å². The predicted octanol–water partition coefficient (Wildman–Crippen LogP) is 2.00. The van der Waals surface area contributed by atoms with Gasteiger partial charge in [-0.05, 0) is 30.7 Å². The summed E-state index contributed by atoms with van der Waals surface area (Å²) < 4.78 is 0. The van der Waals surface area contributed by atoms with E-state index in [1.807, 2.05) is 24.1 Å². The highest BCUT2D eigenvalue weighted by Crippen LogP contribution is 2.17. The Morgan fingerprint density at radius 3 is 2.53 bits per heavy atom. The number of aliphatic hydroxyl groups excluding tert-OH is 1. The van der Waals surface area contributed by atoms with Gasteiger partial charge in [0.15, 0.2) is 0 Å². The van der Waals surface area contributed by atoms with E-state index in [9.17, 15) is 9.90 Å². The molecule has 2 N–H and O–H groups in total. The fourth-order valence-corrected chi connectivity index (χ4v) is 1.62. The van der Waals surface area contributed by atoms with Crippen molar-refractivity contribution in [1.29, 1.82) is 0 Å². The molecule has 94 valence electrons. The summed E-state index contributed by atoms with van der Waals surface area (Å²) in [5.74, 6) is -0.891. The van der Waals surface area contributed by atoms with Crippen LogP contribution in [0.2, 0.25) is 5.02 Å². The summed E-state index contributed by atoms with van der Waals surface area (Å²) in [6, 6.07) is 7.26. The lowest BCUT2D eigenvalue weighted by Gasteiger charge is -2.22. The van der Waals surface area contributed by atoms with Crippen molar-refractivity contribution < 1.29 is 15.0 Å². The second kappa shape index (κ2) is 6.47. The number of carboxylic acid groups (broad SMARTS) is 1. The molecule has 0 spiro atoms. The van der Waals surface area contributed by atoms with Gasteiger partial charge in [0, 0.05) is 30.7 Å². The van der Waals surface area contributed by atoms with Crippen LogP contribution in [0.5, 0.6) is 0 Å². The fourth-order valence-electron chi connectivity index (χ4n) is 1.50. The van der Waals surface area contributed by atoms with Gasteiger partial charge in [0.25, 0.3) is 0 Å². The van der Waals surface area contributed by atoms with E-state index in [1.54, 1.807) is 12.1 Å². The zero-order valence-corrected chi connectivity index (χ0v) is 10.4. The van der Waals surface area contributed by atoms with Gasteiger partial charge in [0.2, 0.25) is 0 Å². The minimum absolute atomic E-state index is 0.0182. The van der Waals surface area contributed by atoms with E-state index in [0.29, 0.717) is 11.6 Å². The molecule has 0 saturated heterocycles. The van der Waals surface area contributed by atoms with Crippen LogP contribution in [-0.2, 0) is 4.79 Å². The Kier molecular flexibility index (Phi) is 5.25. The first kappa shape index (κ1) is 13.8. The first-order valence-corrected chi connectivity index (χ1v) is 5.73. The molecule has 5 heteroatoms. The number of hydrogen-bond acceptors (Lipinski definition) is 3. The molecule has 0 heterocycles. The second-order valence-electron chi connectivity index (χ2n) is 3.94. The number of rotatable bonds is 6. The lowest BCUT2D eigenvalue weighted by molar-refractivity contribution is -0.137. The number of aliphatic hydroxyl groups is 1. The highest BCUT2D eigenvalue weighted by atomic mass is 35.5. The Morgan fingerprint density at radius 2 is 2.00 bits per heavy atom. The monoisotopic (exact) mass is 257 g/mol. The molecule has 0 aliphatic rings. The standard InChI is InChI=1S/C12H16ClNO3/c1-14(8-11(15)6-7-12(16)17)10-4-2-9(13)3-5-10/h2-5,11,15H,6-8H2,1H3,(H,16,17). The van der Waals surface area contributed by atoms with Crippen LogP contribution >= 0.6 is 11.6 Å². The molecule has 0 radical (unpaired) electrons. The van der Waals surface area contributed by atoms with Gasteiger partial charge in [0.1, 0.15) is 0 Å². The highest BCUT2D eigenvalue weighted by molar-refractivity contribution is 6.30. The van der Waals surface area contributed by atoms with Crippen LogP contribution in [0.25, 0.3) is 0 Å². The van der Waals surface area contributed by atoms with Crippen molar-refractivity contribution in [3.63, 3.8) is 0 Å². The van der Waals surface area contributed by atoms with Crippen molar-refractivity contribution in [2.24, 2.45) is 0 Å². The molecule has 0 aliphatic carbocycles. The van der Waals surface area contributed by atoms with Crippen molar-refractivity contribution in [2.45, 2.75) is 18.9 Å². The maximum atomic E-state index is 10.4. The van der Waals surface area contributed by atoms with Crippen LogP contribution in [0.15, 0.2) is 24.3 Å². The molecule has 1 rings (SSSR count). The maximum absolute atomic E-state index is 10.4. The quantitative estimate of drug-likeness (QED) is 0.818. The van der Waals surface area contributed by atoms with Crippen molar-refractivity contribution in [3.05, 3.63) is 29.3 Å². The van der Waals surface area contributed by atoms with Crippen molar-refractivity contribution in [1.82, 2.24) is 0 Å². The Bertz CT molecular complexity index is 367. The summed E-state index contributed by atoms with van der Waals surface area (Å²) in [6.07, 6.45) is -0.408. The predicted molar refractivity (Wildman–Crippen MR) is 67.6 cm³/mol. The van der Waals surface area contributed by atoms with E-state index < -0.39 is 12.1 Å². The molecule has 0 bridgehead atoms. The average Bonchev–Trinajstić information content (AvgIpc) is 2.27. The summed E-state index contributed by atoms with van der Waals surface area (Å²) in [7, 11) is 1.84. The summed E-state index contributed by atoms with van der Waals surface area (Å²) in [6.45, 7) is 0.398. The number of aliphatic carboxylic acids is 1. The number of carbonyl (C=O) groups is 1. The van der Waals surface area contributed by atoms with Gasteiger partial charge in [-0.15, -0.1) is 0 Å². The van der Waals surface area contributed by atoms with Crippen molar-refractivity contribution in [2.75, 3.05) is 18.5 Å². The largest absolute Gasteiger partial charge is 0.481 e. The molecule has 1 aromatic carbocycles. The summed E-state index contributed by atoms with van der Waals surface area (Å²) >= 11 is 5.77. The Labute approximate surface area is 105 Å². The van der Waals surface area contributed by atoms with Crippen LogP contribution in [0.4, 0.5) is 5.69 Å². The molecule has 1 aromatic rings. The van der Waals surface area contributed by atoms with Gasteiger partial charge in [0.05, 0.1) is 6.10 Å². The minimum atomic E-state index is -0.891. The van der Waals surface area contributed by atoms with Gasteiger partial charge in [-0.2, -0.15) is 0 Å². The molecular weight excluding hydrogens is 242 g/mol. The normalized spacial score (nSPS) is 12.2. The van der Waals surface area contributed by atoms with Crippen LogP contribution in [0.1, 0.15) is 12.8 Å².